The number of carbonyl (C=O) groups is 3. The van der Waals surface area contributed by atoms with Gasteiger partial charge in [-0.05, 0) is 31.2 Å². The van der Waals surface area contributed by atoms with Gasteiger partial charge in [-0.2, -0.15) is 0 Å². The van der Waals surface area contributed by atoms with E-state index in [1.807, 2.05) is 30.3 Å². The van der Waals surface area contributed by atoms with Crippen molar-refractivity contribution in [2.24, 2.45) is 0 Å². The highest BCUT2D eigenvalue weighted by Gasteiger charge is 2.09. The number of hydrogen-bond donors (Lipinski definition) is 1. The molecule has 0 unspecified atom stereocenters. The van der Waals surface area contributed by atoms with Gasteiger partial charge in [-0.3, -0.25) is 14.4 Å². The number of thioether (sulfide) groups is 1. The Morgan fingerprint density at radius 2 is 1.80 bits per heavy atom. The van der Waals surface area contributed by atoms with Crippen molar-refractivity contribution < 1.29 is 19.1 Å². The van der Waals surface area contributed by atoms with E-state index in [0.29, 0.717) is 17.0 Å². The van der Waals surface area contributed by atoms with Crippen LogP contribution in [0.15, 0.2) is 59.5 Å². The zero-order valence-corrected chi connectivity index (χ0v) is 14.7. The van der Waals surface area contributed by atoms with E-state index in [9.17, 15) is 14.4 Å². The van der Waals surface area contributed by atoms with Crippen molar-refractivity contribution in [1.82, 2.24) is 0 Å². The van der Waals surface area contributed by atoms with Crippen LogP contribution in [0.2, 0.25) is 0 Å². The van der Waals surface area contributed by atoms with Gasteiger partial charge in [0.05, 0.1) is 6.42 Å². The lowest BCUT2D eigenvalue weighted by molar-refractivity contribution is -0.146. The molecule has 1 amide bonds. The minimum absolute atomic E-state index is 0.0848. The van der Waals surface area contributed by atoms with E-state index in [0.717, 1.165) is 4.90 Å². The molecule has 0 saturated carbocycles. The lowest BCUT2D eigenvalue weighted by Gasteiger charge is -2.07. The highest BCUT2D eigenvalue weighted by atomic mass is 32.2. The number of ether oxygens (including phenoxy) is 1. The predicted octanol–water partition coefficient (Wildman–Crippen LogP) is 3.55. The average Bonchev–Trinajstić information content (AvgIpc) is 2.61. The maximum atomic E-state index is 11.8. The van der Waals surface area contributed by atoms with Crippen molar-refractivity contribution in [3.63, 3.8) is 0 Å². The minimum Gasteiger partial charge on any atom is -0.456 e. The molecule has 25 heavy (non-hydrogen) atoms. The smallest absolute Gasteiger partial charge is 0.307 e. The molecule has 2 aromatic carbocycles. The molecule has 6 heteroatoms. The summed E-state index contributed by atoms with van der Waals surface area (Å²) in [5, 5.41) is 2.60. The van der Waals surface area contributed by atoms with Crippen molar-refractivity contribution in [3.8, 4) is 0 Å². The lowest BCUT2D eigenvalue weighted by Crippen LogP contribution is -2.21. The highest BCUT2D eigenvalue weighted by Crippen LogP contribution is 2.17. The zero-order chi connectivity index (χ0) is 18.1. The Balaban J connectivity index is 1.69. The summed E-state index contributed by atoms with van der Waals surface area (Å²) in [5.41, 5.74) is 1.00. The molecule has 0 aromatic heterocycles. The Morgan fingerprint density at radius 3 is 2.52 bits per heavy atom. The third-order valence-electron chi connectivity index (χ3n) is 3.24. The second-order valence-corrected chi connectivity index (χ2v) is 6.43. The number of amides is 1. The zero-order valence-electron chi connectivity index (χ0n) is 13.9. The molecular formula is C19H19NO4S. The van der Waals surface area contributed by atoms with Gasteiger partial charge >= 0.3 is 5.97 Å². The van der Waals surface area contributed by atoms with Crippen LogP contribution >= 0.6 is 11.8 Å². The van der Waals surface area contributed by atoms with Crippen molar-refractivity contribution in [2.45, 2.75) is 18.2 Å². The highest BCUT2D eigenvalue weighted by molar-refractivity contribution is 7.99. The quantitative estimate of drug-likeness (QED) is 0.444. The first-order chi connectivity index (χ1) is 12.0. The predicted molar refractivity (Wildman–Crippen MR) is 97.8 cm³/mol. The molecule has 1 N–H and O–H groups in total. The molecule has 0 radical (unpaired) electrons. The van der Waals surface area contributed by atoms with Crippen LogP contribution in [0.4, 0.5) is 5.69 Å². The fourth-order valence-corrected chi connectivity index (χ4v) is 2.85. The van der Waals surface area contributed by atoms with Gasteiger partial charge in [-0.15, -0.1) is 11.8 Å². The van der Waals surface area contributed by atoms with Crippen LogP contribution in [0.3, 0.4) is 0 Å². The van der Waals surface area contributed by atoms with Crippen LogP contribution in [-0.4, -0.2) is 30.0 Å². The maximum absolute atomic E-state index is 11.8. The summed E-state index contributed by atoms with van der Waals surface area (Å²) in [6.45, 7) is 1.11. The van der Waals surface area contributed by atoms with E-state index in [-0.39, 0.29) is 18.8 Å². The van der Waals surface area contributed by atoms with Crippen molar-refractivity contribution in [2.75, 3.05) is 17.7 Å². The first-order valence-electron chi connectivity index (χ1n) is 7.79. The van der Waals surface area contributed by atoms with Crippen LogP contribution in [0.1, 0.15) is 23.7 Å². The fourth-order valence-electron chi connectivity index (χ4n) is 2.00. The number of hydrogen-bond acceptors (Lipinski definition) is 5. The first kappa shape index (κ1) is 18.7. The van der Waals surface area contributed by atoms with E-state index in [2.05, 4.69) is 5.32 Å². The Bertz CT molecular complexity index is 746. The van der Waals surface area contributed by atoms with Gasteiger partial charge in [0.2, 0.25) is 0 Å². The Hall–Kier alpha value is -2.60. The molecule has 5 nitrogen and oxygen atoms in total. The number of benzene rings is 2. The summed E-state index contributed by atoms with van der Waals surface area (Å²) in [5.74, 6) is -0.357. The summed E-state index contributed by atoms with van der Waals surface area (Å²) in [6.07, 6.45) is 0.229. The molecule has 0 bridgehead atoms. The summed E-state index contributed by atoms with van der Waals surface area (Å²) >= 11 is 1.56. The third-order valence-corrected chi connectivity index (χ3v) is 4.25. The normalized spacial score (nSPS) is 10.1. The second kappa shape index (κ2) is 9.64. The molecule has 130 valence electrons. The molecule has 0 fully saturated rings. The van der Waals surface area contributed by atoms with Crippen LogP contribution in [0.5, 0.6) is 0 Å². The molecule has 0 aliphatic carbocycles. The van der Waals surface area contributed by atoms with E-state index >= 15 is 0 Å². The van der Waals surface area contributed by atoms with Crippen LogP contribution in [0, 0.1) is 0 Å². The van der Waals surface area contributed by atoms with E-state index in [4.69, 9.17) is 4.74 Å². The summed E-state index contributed by atoms with van der Waals surface area (Å²) in [4.78, 5) is 35.9. The monoisotopic (exact) mass is 357 g/mol. The molecule has 0 saturated heterocycles. The number of rotatable bonds is 8. The van der Waals surface area contributed by atoms with Gasteiger partial charge < -0.3 is 10.1 Å². The fraction of sp³-hybridized carbons (Fsp3) is 0.211. The summed E-state index contributed by atoms with van der Waals surface area (Å²) in [6, 6.07) is 16.3. The molecule has 2 rings (SSSR count). The van der Waals surface area contributed by atoms with Gasteiger partial charge in [0.1, 0.15) is 0 Å². The van der Waals surface area contributed by atoms with Crippen LogP contribution in [0.25, 0.3) is 0 Å². The Labute approximate surface area is 150 Å². The Kier molecular flexibility index (Phi) is 7.22. The lowest BCUT2D eigenvalue weighted by atomic mass is 10.1. The van der Waals surface area contributed by atoms with E-state index in [1.54, 1.807) is 36.0 Å². The number of carbonyl (C=O) groups excluding carboxylic acids is 3. The van der Waals surface area contributed by atoms with Crippen molar-refractivity contribution >= 4 is 35.1 Å². The van der Waals surface area contributed by atoms with Crippen molar-refractivity contribution in [3.05, 3.63) is 60.2 Å². The molecule has 0 aliphatic heterocycles. The number of Topliss-reactive ketones (excluding diaryl/α,β-unsaturated/α-hetero) is 1. The van der Waals surface area contributed by atoms with Gasteiger partial charge in [-0.25, -0.2) is 0 Å². The average molecular weight is 357 g/mol. The topological polar surface area (TPSA) is 72.5 Å². The van der Waals surface area contributed by atoms with Gasteiger partial charge in [0, 0.05) is 21.9 Å². The van der Waals surface area contributed by atoms with Crippen LogP contribution in [-0.2, 0) is 14.3 Å². The number of nitrogens with one attached hydrogen (secondary N) is 1. The van der Waals surface area contributed by atoms with Crippen LogP contribution < -0.4 is 5.32 Å². The number of anilines is 1. The third kappa shape index (κ3) is 6.81. The summed E-state index contributed by atoms with van der Waals surface area (Å²) < 4.78 is 4.96. The van der Waals surface area contributed by atoms with E-state index in [1.165, 1.54) is 6.92 Å². The SMILES string of the molecule is CC(=O)c1cccc(NC(=O)COC(=O)CCSc2ccccc2)c1. The van der Waals surface area contributed by atoms with Gasteiger partial charge in [-0.1, -0.05) is 30.3 Å². The van der Waals surface area contributed by atoms with Crippen molar-refractivity contribution in [1.29, 1.82) is 0 Å². The molecular weight excluding hydrogens is 338 g/mol. The number of ketones is 1. The minimum atomic E-state index is -0.440. The Morgan fingerprint density at radius 1 is 1.04 bits per heavy atom. The van der Waals surface area contributed by atoms with E-state index < -0.39 is 11.9 Å². The molecule has 0 spiro atoms. The molecule has 0 atom stereocenters. The molecule has 0 heterocycles. The summed E-state index contributed by atoms with van der Waals surface area (Å²) in [7, 11) is 0. The molecule has 2 aromatic rings. The first-order valence-corrected chi connectivity index (χ1v) is 8.77. The maximum Gasteiger partial charge on any atom is 0.307 e. The van der Waals surface area contributed by atoms with Gasteiger partial charge in [0.25, 0.3) is 5.91 Å². The molecule has 0 aliphatic rings. The number of esters is 1. The second-order valence-electron chi connectivity index (χ2n) is 5.26. The van der Waals surface area contributed by atoms with Gasteiger partial charge in [0.15, 0.2) is 12.4 Å². The standard InChI is InChI=1S/C19H19NO4S/c1-14(21)15-6-5-7-16(12-15)20-18(22)13-24-19(23)10-11-25-17-8-3-2-4-9-17/h2-9,12H,10-11,13H2,1H3,(H,20,22). The largest absolute Gasteiger partial charge is 0.456 e.